The Morgan fingerprint density at radius 1 is 1.30 bits per heavy atom. The molecule has 0 aliphatic heterocycles. The van der Waals surface area contributed by atoms with Crippen molar-refractivity contribution in [2.45, 2.75) is 38.8 Å². The van der Waals surface area contributed by atoms with Gasteiger partial charge in [0.2, 0.25) is 0 Å². The van der Waals surface area contributed by atoms with Gasteiger partial charge in [-0.25, -0.2) is 9.59 Å². The van der Waals surface area contributed by atoms with Gasteiger partial charge in [-0.1, -0.05) is 6.07 Å². The number of fused-ring (bicyclic) bond motifs is 1. The Kier molecular flexibility index (Phi) is 4.09. The van der Waals surface area contributed by atoms with E-state index in [1.807, 2.05) is 0 Å². The van der Waals surface area contributed by atoms with Gasteiger partial charge in [0.05, 0.1) is 24.3 Å². The van der Waals surface area contributed by atoms with E-state index in [2.05, 4.69) is 0 Å². The Bertz CT molecular complexity index is 551. The molecule has 20 heavy (non-hydrogen) atoms. The molecule has 0 amide bonds. The van der Waals surface area contributed by atoms with Crippen LogP contribution in [-0.2, 0) is 15.9 Å². The fraction of sp³-hybridized carbons (Fsp3) is 0.467. The van der Waals surface area contributed by atoms with Crippen molar-refractivity contribution in [3.05, 3.63) is 34.4 Å². The van der Waals surface area contributed by atoms with Gasteiger partial charge in [0, 0.05) is 6.04 Å². The van der Waals surface area contributed by atoms with Crippen LogP contribution in [0.4, 0.5) is 0 Å². The molecule has 0 spiro atoms. The zero-order valence-corrected chi connectivity index (χ0v) is 11.9. The number of carbonyl (C=O) groups excluding carboxylic acids is 2. The van der Waals surface area contributed by atoms with Crippen molar-refractivity contribution < 1.29 is 19.1 Å². The first-order chi connectivity index (χ1) is 9.45. The maximum absolute atomic E-state index is 12.3. The topological polar surface area (TPSA) is 78.6 Å². The van der Waals surface area contributed by atoms with Gasteiger partial charge in [0.15, 0.2) is 0 Å². The first-order valence-electron chi connectivity index (χ1n) is 6.66. The van der Waals surface area contributed by atoms with Gasteiger partial charge in [-0.05, 0) is 43.9 Å². The molecule has 108 valence electrons. The number of hydrogen-bond donors (Lipinski definition) is 1. The first kappa shape index (κ1) is 14.5. The quantitative estimate of drug-likeness (QED) is 0.855. The third kappa shape index (κ3) is 2.54. The normalized spacial score (nSPS) is 16.9. The zero-order valence-electron chi connectivity index (χ0n) is 11.9. The second kappa shape index (κ2) is 5.63. The summed E-state index contributed by atoms with van der Waals surface area (Å²) in [6, 6.07) is 3.29. The Balaban J connectivity index is 2.55. The van der Waals surface area contributed by atoms with Crippen molar-refractivity contribution >= 4 is 11.9 Å². The van der Waals surface area contributed by atoms with Crippen molar-refractivity contribution in [1.29, 1.82) is 0 Å². The molecule has 2 N–H and O–H groups in total. The smallest absolute Gasteiger partial charge is 0.339 e. The van der Waals surface area contributed by atoms with E-state index in [9.17, 15) is 9.59 Å². The van der Waals surface area contributed by atoms with Crippen LogP contribution in [0.1, 0.15) is 58.2 Å². The maximum atomic E-state index is 12.3. The molecule has 5 nitrogen and oxygen atoms in total. The monoisotopic (exact) mass is 277 g/mol. The van der Waals surface area contributed by atoms with Crippen LogP contribution in [0, 0.1) is 0 Å². The van der Waals surface area contributed by atoms with Crippen molar-refractivity contribution in [1.82, 2.24) is 0 Å². The third-order valence-corrected chi connectivity index (χ3v) is 3.41. The summed E-state index contributed by atoms with van der Waals surface area (Å²) in [5.41, 5.74) is 8.27. The first-order valence-corrected chi connectivity index (χ1v) is 6.66. The van der Waals surface area contributed by atoms with Gasteiger partial charge >= 0.3 is 11.9 Å². The Hall–Kier alpha value is -1.88. The molecule has 2 rings (SSSR count). The van der Waals surface area contributed by atoms with Crippen molar-refractivity contribution in [2.24, 2.45) is 5.73 Å². The summed E-state index contributed by atoms with van der Waals surface area (Å²) in [6.45, 7) is 3.54. The second-order valence-corrected chi connectivity index (χ2v) is 5.15. The average molecular weight is 277 g/mol. The Morgan fingerprint density at radius 3 is 2.60 bits per heavy atom. The van der Waals surface area contributed by atoms with Crippen LogP contribution in [0.5, 0.6) is 0 Å². The standard InChI is InChI=1S/C15H19NO4/c1-8(2)20-15(18)13-10-6-7-12(16)9(10)4-5-11(13)14(17)19-3/h4-5,8,12H,6-7,16H2,1-3H3. The fourth-order valence-electron chi connectivity index (χ4n) is 2.52. The van der Waals surface area contributed by atoms with Crippen molar-refractivity contribution in [3.63, 3.8) is 0 Å². The lowest BCUT2D eigenvalue weighted by Gasteiger charge is -2.15. The van der Waals surface area contributed by atoms with Crippen LogP contribution in [0.25, 0.3) is 0 Å². The highest BCUT2D eigenvalue weighted by Gasteiger charge is 2.30. The van der Waals surface area contributed by atoms with E-state index in [4.69, 9.17) is 15.2 Å². The van der Waals surface area contributed by atoms with Gasteiger partial charge < -0.3 is 15.2 Å². The second-order valence-electron chi connectivity index (χ2n) is 5.15. The number of nitrogens with two attached hydrogens (primary N) is 1. The molecule has 1 aromatic carbocycles. The number of esters is 2. The fourth-order valence-corrected chi connectivity index (χ4v) is 2.52. The van der Waals surface area contributed by atoms with Crippen LogP contribution in [0.15, 0.2) is 12.1 Å². The van der Waals surface area contributed by atoms with E-state index in [0.29, 0.717) is 12.0 Å². The van der Waals surface area contributed by atoms with Gasteiger partial charge in [0.1, 0.15) is 0 Å². The predicted octanol–water partition coefficient (Wildman–Crippen LogP) is 1.98. The minimum Gasteiger partial charge on any atom is -0.465 e. The van der Waals surface area contributed by atoms with Gasteiger partial charge in [-0.3, -0.25) is 0 Å². The van der Waals surface area contributed by atoms with E-state index >= 15 is 0 Å². The number of rotatable bonds is 3. The molecule has 1 atom stereocenters. The van der Waals surface area contributed by atoms with Crippen LogP contribution in [-0.4, -0.2) is 25.2 Å². The average Bonchev–Trinajstić information content (AvgIpc) is 2.77. The zero-order chi connectivity index (χ0) is 14.9. The van der Waals surface area contributed by atoms with E-state index in [1.54, 1.807) is 26.0 Å². The summed E-state index contributed by atoms with van der Waals surface area (Å²) < 4.78 is 9.99. The van der Waals surface area contributed by atoms with Gasteiger partial charge in [-0.15, -0.1) is 0 Å². The molecule has 0 saturated heterocycles. The molecule has 0 aromatic heterocycles. The third-order valence-electron chi connectivity index (χ3n) is 3.41. The van der Waals surface area contributed by atoms with Gasteiger partial charge in [-0.2, -0.15) is 0 Å². The molecule has 0 heterocycles. The summed E-state index contributed by atoms with van der Waals surface area (Å²) in [5.74, 6) is -1.03. The summed E-state index contributed by atoms with van der Waals surface area (Å²) in [6.07, 6.45) is 1.19. The maximum Gasteiger partial charge on any atom is 0.339 e. The molecule has 0 saturated carbocycles. The van der Waals surface area contributed by atoms with Crippen LogP contribution < -0.4 is 5.73 Å². The molecular formula is C15H19NO4. The molecular weight excluding hydrogens is 258 g/mol. The van der Waals surface area contributed by atoms with Crippen molar-refractivity contribution in [3.8, 4) is 0 Å². The molecule has 1 aliphatic carbocycles. The van der Waals surface area contributed by atoms with E-state index in [-0.39, 0.29) is 17.7 Å². The lowest BCUT2D eigenvalue weighted by molar-refractivity contribution is 0.0367. The van der Waals surface area contributed by atoms with Crippen LogP contribution >= 0.6 is 0 Å². The molecule has 1 aromatic rings. The van der Waals surface area contributed by atoms with Crippen LogP contribution in [0.3, 0.4) is 0 Å². The molecule has 0 radical (unpaired) electrons. The minimum atomic E-state index is -0.538. The molecule has 0 bridgehead atoms. The number of carbonyl (C=O) groups is 2. The van der Waals surface area contributed by atoms with E-state index < -0.39 is 11.9 Å². The molecule has 5 heteroatoms. The largest absolute Gasteiger partial charge is 0.465 e. The predicted molar refractivity (Wildman–Crippen MR) is 73.6 cm³/mol. The van der Waals surface area contributed by atoms with Crippen molar-refractivity contribution in [2.75, 3.05) is 7.11 Å². The Morgan fingerprint density at radius 2 is 2.00 bits per heavy atom. The van der Waals surface area contributed by atoms with E-state index in [1.165, 1.54) is 7.11 Å². The van der Waals surface area contributed by atoms with E-state index in [0.717, 1.165) is 17.5 Å². The summed E-state index contributed by atoms with van der Waals surface area (Å²) in [4.78, 5) is 24.1. The lowest BCUT2D eigenvalue weighted by Crippen LogP contribution is -2.19. The Labute approximate surface area is 118 Å². The minimum absolute atomic E-state index is 0.0951. The number of ether oxygens (including phenoxy) is 2. The highest BCUT2D eigenvalue weighted by molar-refractivity contribution is 6.04. The molecule has 0 fully saturated rings. The summed E-state index contributed by atoms with van der Waals surface area (Å²) >= 11 is 0. The highest BCUT2D eigenvalue weighted by Crippen LogP contribution is 2.34. The summed E-state index contributed by atoms with van der Waals surface area (Å²) in [7, 11) is 1.29. The molecule has 1 aliphatic rings. The number of hydrogen-bond acceptors (Lipinski definition) is 5. The SMILES string of the molecule is COC(=O)c1ccc2c(c1C(=O)OC(C)C)CCC2N. The summed E-state index contributed by atoms with van der Waals surface area (Å²) in [5, 5.41) is 0. The molecule has 1 unspecified atom stereocenters. The highest BCUT2D eigenvalue weighted by atomic mass is 16.5. The number of methoxy groups -OCH3 is 1. The van der Waals surface area contributed by atoms with Gasteiger partial charge in [0.25, 0.3) is 0 Å². The number of benzene rings is 1. The van der Waals surface area contributed by atoms with Crippen LogP contribution in [0.2, 0.25) is 0 Å². The lowest BCUT2D eigenvalue weighted by atomic mass is 9.96.